The van der Waals surface area contributed by atoms with Gasteiger partial charge in [0, 0.05) is 19.3 Å². The lowest BCUT2D eigenvalue weighted by Crippen LogP contribution is -2.63. The second kappa shape index (κ2) is 2.45. The molecule has 0 aromatic carbocycles. The van der Waals surface area contributed by atoms with Gasteiger partial charge in [0.1, 0.15) is 0 Å². The summed E-state index contributed by atoms with van der Waals surface area (Å²) >= 11 is 0. The van der Waals surface area contributed by atoms with Crippen LogP contribution in [0.1, 0.15) is 13.3 Å². The molecule has 0 aromatic heterocycles. The average Bonchev–Trinajstić information content (AvgIpc) is 1.77. The maximum atomic E-state index is 11.3. The van der Waals surface area contributed by atoms with Gasteiger partial charge < -0.3 is 4.90 Å². The standard InChI is InChI=1S/C7H15NO2S/c1-4-7(11(3,9)10)5-8(2)6-7/h4-6H2,1-3H3. The van der Waals surface area contributed by atoms with E-state index in [4.69, 9.17) is 0 Å². The first-order chi connectivity index (χ1) is 4.91. The van der Waals surface area contributed by atoms with Crippen molar-refractivity contribution in [3.05, 3.63) is 0 Å². The Kier molecular flexibility index (Phi) is 2.01. The minimum absolute atomic E-state index is 0.429. The fraction of sp³-hybridized carbons (Fsp3) is 1.00. The number of nitrogens with zero attached hydrogens (tertiary/aromatic N) is 1. The minimum atomic E-state index is -2.85. The molecule has 0 aliphatic carbocycles. The van der Waals surface area contributed by atoms with E-state index in [1.165, 1.54) is 6.26 Å². The first-order valence-electron chi connectivity index (χ1n) is 3.79. The van der Waals surface area contributed by atoms with E-state index >= 15 is 0 Å². The molecule has 1 aliphatic rings. The third kappa shape index (κ3) is 1.29. The van der Waals surface area contributed by atoms with E-state index < -0.39 is 14.6 Å². The van der Waals surface area contributed by atoms with E-state index in [1.54, 1.807) is 0 Å². The summed E-state index contributed by atoms with van der Waals surface area (Å²) in [5.74, 6) is 0. The van der Waals surface area contributed by atoms with Crippen LogP contribution in [-0.4, -0.2) is 44.5 Å². The molecule has 4 heteroatoms. The van der Waals surface area contributed by atoms with Crippen molar-refractivity contribution in [3.8, 4) is 0 Å². The third-order valence-corrected chi connectivity index (χ3v) is 4.67. The van der Waals surface area contributed by atoms with Gasteiger partial charge in [-0.05, 0) is 13.5 Å². The highest BCUT2D eigenvalue weighted by atomic mass is 32.2. The largest absolute Gasteiger partial charge is 0.303 e. The van der Waals surface area contributed by atoms with Crippen LogP contribution in [0.4, 0.5) is 0 Å². The number of hydrogen-bond acceptors (Lipinski definition) is 3. The third-order valence-electron chi connectivity index (χ3n) is 2.55. The maximum absolute atomic E-state index is 11.3. The molecule has 11 heavy (non-hydrogen) atoms. The second-order valence-corrected chi connectivity index (χ2v) is 5.89. The number of sulfone groups is 1. The molecule has 1 heterocycles. The van der Waals surface area contributed by atoms with Gasteiger partial charge in [-0.3, -0.25) is 0 Å². The monoisotopic (exact) mass is 177 g/mol. The van der Waals surface area contributed by atoms with Crippen molar-refractivity contribution in [2.45, 2.75) is 18.1 Å². The first kappa shape index (κ1) is 9.00. The molecule has 0 unspecified atom stereocenters. The van der Waals surface area contributed by atoms with Crippen molar-refractivity contribution < 1.29 is 8.42 Å². The predicted octanol–water partition coefficient (Wildman–Crippen LogP) is 0.125. The second-order valence-electron chi connectivity index (χ2n) is 3.48. The Labute approximate surface area is 68.3 Å². The molecule has 1 fully saturated rings. The van der Waals surface area contributed by atoms with Crippen LogP contribution >= 0.6 is 0 Å². The Morgan fingerprint density at radius 1 is 1.45 bits per heavy atom. The van der Waals surface area contributed by atoms with Crippen molar-refractivity contribution >= 4 is 9.84 Å². The van der Waals surface area contributed by atoms with Gasteiger partial charge in [-0.15, -0.1) is 0 Å². The van der Waals surface area contributed by atoms with Crippen LogP contribution in [0.15, 0.2) is 0 Å². The smallest absolute Gasteiger partial charge is 0.155 e. The molecule has 0 N–H and O–H groups in total. The van der Waals surface area contributed by atoms with Crippen LogP contribution in [0.3, 0.4) is 0 Å². The van der Waals surface area contributed by atoms with Gasteiger partial charge in [-0.1, -0.05) is 6.92 Å². The lowest BCUT2D eigenvalue weighted by Gasteiger charge is -2.46. The summed E-state index contributed by atoms with van der Waals surface area (Å²) in [4.78, 5) is 2.03. The van der Waals surface area contributed by atoms with Crippen LogP contribution in [0.25, 0.3) is 0 Å². The van der Waals surface area contributed by atoms with Gasteiger partial charge in [0.25, 0.3) is 0 Å². The molecule has 0 bridgehead atoms. The maximum Gasteiger partial charge on any atom is 0.155 e. The molecule has 1 aliphatic heterocycles. The number of likely N-dealkylation sites (tertiary alicyclic amines) is 1. The van der Waals surface area contributed by atoms with Gasteiger partial charge in [-0.2, -0.15) is 0 Å². The van der Waals surface area contributed by atoms with Gasteiger partial charge in [-0.25, -0.2) is 8.42 Å². The molecule has 0 amide bonds. The Balaban J connectivity index is 2.82. The summed E-state index contributed by atoms with van der Waals surface area (Å²) < 4.78 is 22.1. The molecular weight excluding hydrogens is 162 g/mol. The highest BCUT2D eigenvalue weighted by Crippen LogP contribution is 2.30. The predicted molar refractivity (Wildman–Crippen MR) is 45.4 cm³/mol. The van der Waals surface area contributed by atoms with Crippen LogP contribution in [0, 0.1) is 0 Å². The zero-order valence-corrected chi connectivity index (χ0v) is 8.11. The summed E-state index contributed by atoms with van der Waals surface area (Å²) in [6.07, 6.45) is 2.07. The molecule has 1 saturated heterocycles. The fourth-order valence-electron chi connectivity index (χ4n) is 1.66. The normalized spacial score (nSPS) is 24.6. The zero-order chi connectivity index (χ0) is 8.70. The van der Waals surface area contributed by atoms with E-state index in [0.29, 0.717) is 13.1 Å². The fourth-order valence-corrected chi connectivity index (χ4v) is 3.09. The van der Waals surface area contributed by atoms with E-state index in [-0.39, 0.29) is 0 Å². The van der Waals surface area contributed by atoms with Crippen molar-refractivity contribution in [1.82, 2.24) is 4.90 Å². The molecule has 0 radical (unpaired) electrons. The van der Waals surface area contributed by atoms with Gasteiger partial charge in [0.2, 0.25) is 0 Å². The van der Waals surface area contributed by atoms with Gasteiger partial charge in [0.05, 0.1) is 4.75 Å². The van der Waals surface area contributed by atoms with Crippen molar-refractivity contribution in [2.75, 3.05) is 26.4 Å². The van der Waals surface area contributed by atoms with E-state index in [0.717, 1.165) is 6.42 Å². The molecule has 0 spiro atoms. The summed E-state index contributed by atoms with van der Waals surface area (Å²) in [6.45, 7) is 3.33. The lowest BCUT2D eigenvalue weighted by atomic mass is 9.97. The number of rotatable bonds is 2. The van der Waals surface area contributed by atoms with E-state index in [9.17, 15) is 8.42 Å². The van der Waals surface area contributed by atoms with Crippen LogP contribution in [0.2, 0.25) is 0 Å². The Hall–Kier alpha value is -0.0900. The SMILES string of the molecule is CCC1(S(C)(=O)=O)CN(C)C1. The average molecular weight is 177 g/mol. The Bertz CT molecular complexity index is 239. The zero-order valence-electron chi connectivity index (χ0n) is 7.29. The van der Waals surface area contributed by atoms with Crippen LogP contribution < -0.4 is 0 Å². The van der Waals surface area contributed by atoms with Crippen molar-refractivity contribution in [1.29, 1.82) is 0 Å². The van der Waals surface area contributed by atoms with Crippen LogP contribution in [0.5, 0.6) is 0 Å². The van der Waals surface area contributed by atoms with E-state index in [2.05, 4.69) is 0 Å². The Morgan fingerprint density at radius 2 is 1.91 bits per heavy atom. The van der Waals surface area contributed by atoms with E-state index in [1.807, 2.05) is 18.9 Å². The first-order valence-corrected chi connectivity index (χ1v) is 5.68. The topological polar surface area (TPSA) is 37.4 Å². The molecule has 1 rings (SSSR count). The highest BCUT2D eigenvalue weighted by molar-refractivity contribution is 7.92. The summed E-state index contributed by atoms with van der Waals surface area (Å²) in [6, 6.07) is 0. The molecule has 0 atom stereocenters. The number of hydrogen-bond donors (Lipinski definition) is 0. The molecular formula is C7H15NO2S. The summed E-state index contributed by atoms with van der Waals surface area (Å²) in [5, 5.41) is 0. The minimum Gasteiger partial charge on any atom is -0.303 e. The molecule has 0 aromatic rings. The van der Waals surface area contributed by atoms with Crippen LogP contribution in [-0.2, 0) is 9.84 Å². The highest BCUT2D eigenvalue weighted by Gasteiger charge is 2.47. The molecule has 0 saturated carbocycles. The summed E-state index contributed by atoms with van der Waals surface area (Å²) in [5.41, 5.74) is 0. The van der Waals surface area contributed by atoms with Crippen molar-refractivity contribution in [3.63, 3.8) is 0 Å². The van der Waals surface area contributed by atoms with Gasteiger partial charge in [0.15, 0.2) is 9.84 Å². The van der Waals surface area contributed by atoms with Gasteiger partial charge >= 0.3 is 0 Å². The molecule has 66 valence electrons. The Morgan fingerprint density at radius 3 is 2.00 bits per heavy atom. The lowest BCUT2D eigenvalue weighted by molar-refractivity contribution is 0.152. The quantitative estimate of drug-likeness (QED) is 0.601. The molecule has 3 nitrogen and oxygen atoms in total. The van der Waals surface area contributed by atoms with Crippen molar-refractivity contribution in [2.24, 2.45) is 0 Å². The summed E-state index contributed by atoms with van der Waals surface area (Å²) in [7, 11) is -0.909.